The third-order valence-corrected chi connectivity index (χ3v) is 4.37. The fraction of sp³-hybridized carbons (Fsp3) is 0.562. The average Bonchev–Trinajstić information content (AvgIpc) is 3.07. The summed E-state index contributed by atoms with van der Waals surface area (Å²) in [5, 5.41) is 11.8. The van der Waals surface area contributed by atoms with Crippen LogP contribution in [0, 0.1) is 12.8 Å². The van der Waals surface area contributed by atoms with Gasteiger partial charge in [0, 0.05) is 31.2 Å². The molecule has 1 aliphatic carbocycles. The van der Waals surface area contributed by atoms with Crippen LogP contribution in [-0.2, 0) is 0 Å². The van der Waals surface area contributed by atoms with Gasteiger partial charge in [-0.3, -0.25) is 0 Å². The van der Waals surface area contributed by atoms with Crippen LogP contribution < -0.4 is 10.2 Å². The van der Waals surface area contributed by atoms with Crippen molar-refractivity contribution >= 4 is 11.8 Å². The second-order valence-electron chi connectivity index (χ2n) is 6.34. The van der Waals surface area contributed by atoms with Gasteiger partial charge in [0.05, 0.1) is 0 Å². The Morgan fingerprint density at radius 1 is 1.27 bits per heavy atom. The largest absolute Gasteiger partial charge is 0.408 e. The van der Waals surface area contributed by atoms with Crippen LogP contribution >= 0.6 is 0 Å². The number of aryl methyl sites for hydroxylation is 1. The molecule has 6 nitrogen and oxygen atoms in total. The zero-order valence-corrected chi connectivity index (χ0v) is 12.8. The highest BCUT2D eigenvalue weighted by Crippen LogP contribution is 2.40. The van der Waals surface area contributed by atoms with E-state index in [9.17, 15) is 0 Å². The maximum atomic E-state index is 5.79. The summed E-state index contributed by atoms with van der Waals surface area (Å²) >= 11 is 0. The van der Waals surface area contributed by atoms with Crippen molar-refractivity contribution < 1.29 is 4.42 Å². The number of anilines is 2. The van der Waals surface area contributed by atoms with Gasteiger partial charge in [-0.05, 0) is 44.2 Å². The summed E-state index contributed by atoms with van der Waals surface area (Å²) in [5.74, 6) is 2.88. The Bertz CT molecular complexity index is 651. The standard InChI is InChI=1S/C16H21N5O/c1-11-3-2-4-14(18-11)17-9-12-7-8-21(10-12)16-20-19-15(22-16)13-5-6-13/h2-4,12-13H,5-10H2,1H3,(H,17,18). The van der Waals surface area contributed by atoms with Gasteiger partial charge in [0.25, 0.3) is 0 Å². The summed E-state index contributed by atoms with van der Waals surface area (Å²) in [6, 6.07) is 6.75. The zero-order chi connectivity index (χ0) is 14.9. The van der Waals surface area contributed by atoms with Gasteiger partial charge >= 0.3 is 6.01 Å². The number of nitrogens with zero attached hydrogens (tertiary/aromatic N) is 4. The van der Waals surface area contributed by atoms with E-state index < -0.39 is 0 Å². The van der Waals surface area contributed by atoms with Gasteiger partial charge in [-0.2, -0.15) is 0 Å². The molecule has 1 aliphatic heterocycles. The molecule has 0 amide bonds. The topological polar surface area (TPSA) is 67.1 Å². The van der Waals surface area contributed by atoms with Crippen LogP contribution in [-0.4, -0.2) is 34.8 Å². The maximum absolute atomic E-state index is 5.79. The molecule has 116 valence electrons. The lowest BCUT2D eigenvalue weighted by atomic mass is 10.1. The number of hydrogen-bond donors (Lipinski definition) is 1. The number of nitrogens with one attached hydrogen (secondary N) is 1. The van der Waals surface area contributed by atoms with Crippen molar-refractivity contribution in [2.75, 3.05) is 29.9 Å². The first-order valence-electron chi connectivity index (χ1n) is 8.04. The van der Waals surface area contributed by atoms with Crippen LogP contribution in [0.5, 0.6) is 0 Å². The smallest absolute Gasteiger partial charge is 0.318 e. The van der Waals surface area contributed by atoms with E-state index in [1.807, 2.05) is 25.1 Å². The van der Waals surface area contributed by atoms with Crippen molar-refractivity contribution in [1.82, 2.24) is 15.2 Å². The number of hydrogen-bond acceptors (Lipinski definition) is 6. The molecule has 1 saturated heterocycles. The Hall–Kier alpha value is -2.11. The van der Waals surface area contributed by atoms with Gasteiger partial charge < -0.3 is 14.6 Å². The molecule has 1 unspecified atom stereocenters. The monoisotopic (exact) mass is 299 g/mol. The second-order valence-corrected chi connectivity index (χ2v) is 6.34. The Balaban J connectivity index is 1.31. The number of rotatable bonds is 5. The van der Waals surface area contributed by atoms with Crippen LogP contribution in [0.4, 0.5) is 11.8 Å². The minimum Gasteiger partial charge on any atom is -0.408 e. The lowest BCUT2D eigenvalue weighted by Gasteiger charge is -2.14. The van der Waals surface area contributed by atoms with Gasteiger partial charge in [0.1, 0.15) is 5.82 Å². The summed E-state index contributed by atoms with van der Waals surface area (Å²) in [4.78, 5) is 6.68. The van der Waals surface area contributed by atoms with E-state index in [0.717, 1.165) is 43.5 Å². The molecule has 0 radical (unpaired) electrons. The lowest BCUT2D eigenvalue weighted by Crippen LogP contribution is -2.23. The second kappa shape index (κ2) is 5.59. The predicted octanol–water partition coefficient (Wildman–Crippen LogP) is 2.59. The van der Waals surface area contributed by atoms with E-state index in [1.54, 1.807) is 0 Å². The minimum absolute atomic E-state index is 0.522. The third-order valence-electron chi connectivity index (χ3n) is 4.37. The highest BCUT2D eigenvalue weighted by atomic mass is 16.4. The fourth-order valence-corrected chi connectivity index (χ4v) is 2.91. The molecule has 0 spiro atoms. The molecule has 2 aromatic rings. The SMILES string of the molecule is Cc1cccc(NCC2CCN(c3nnc(C4CC4)o3)C2)n1. The number of pyridine rings is 1. The molecule has 4 rings (SSSR count). The van der Waals surface area contributed by atoms with Crippen molar-refractivity contribution in [3.8, 4) is 0 Å². The van der Waals surface area contributed by atoms with Gasteiger partial charge in [0.15, 0.2) is 0 Å². The van der Waals surface area contributed by atoms with Crippen molar-refractivity contribution in [1.29, 1.82) is 0 Å². The maximum Gasteiger partial charge on any atom is 0.318 e. The Morgan fingerprint density at radius 3 is 3.00 bits per heavy atom. The first-order chi connectivity index (χ1) is 10.8. The van der Waals surface area contributed by atoms with E-state index in [1.165, 1.54) is 12.8 Å². The molecule has 0 aromatic carbocycles. The highest BCUT2D eigenvalue weighted by molar-refractivity contribution is 5.35. The van der Waals surface area contributed by atoms with Crippen molar-refractivity contribution in [3.63, 3.8) is 0 Å². The van der Waals surface area contributed by atoms with Crippen LogP contribution in [0.15, 0.2) is 22.6 Å². The molecule has 1 saturated carbocycles. The Morgan fingerprint density at radius 2 is 2.18 bits per heavy atom. The molecule has 2 aromatic heterocycles. The minimum atomic E-state index is 0.522. The molecular weight excluding hydrogens is 278 g/mol. The first kappa shape index (κ1) is 13.5. The summed E-state index contributed by atoms with van der Waals surface area (Å²) < 4.78 is 5.79. The summed E-state index contributed by atoms with van der Waals surface area (Å²) in [6.07, 6.45) is 3.52. The van der Waals surface area contributed by atoms with Gasteiger partial charge in [-0.1, -0.05) is 11.2 Å². The van der Waals surface area contributed by atoms with Crippen LogP contribution in [0.2, 0.25) is 0 Å². The van der Waals surface area contributed by atoms with E-state index in [0.29, 0.717) is 17.9 Å². The normalized spacial score (nSPS) is 21.3. The van der Waals surface area contributed by atoms with E-state index >= 15 is 0 Å². The molecule has 6 heteroatoms. The number of aromatic nitrogens is 3. The van der Waals surface area contributed by atoms with Crippen LogP contribution in [0.1, 0.15) is 36.8 Å². The van der Waals surface area contributed by atoms with Gasteiger partial charge in [0.2, 0.25) is 5.89 Å². The van der Waals surface area contributed by atoms with E-state index in [2.05, 4.69) is 25.4 Å². The molecule has 3 heterocycles. The van der Waals surface area contributed by atoms with Gasteiger partial charge in [-0.15, -0.1) is 5.10 Å². The zero-order valence-electron chi connectivity index (χ0n) is 12.8. The molecule has 1 atom stereocenters. The third kappa shape index (κ3) is 2.91. The van der Waals surface area contributed by atoms with Crippen molar-refractivity contribution in [2.24, 2.45) is 5.92 Å². The molecular formula is C16H21N5O. The van der Waals surface area contributed by atoms with Crippen LogP contribution in [0.3, 0.4) is 0 Å². The average molecular weight is 299 g/mol. The molecule has 2 fully saturated rings. The van der Waals surface area contributed by atoms with E-state index in [4.69, 9.17) is 4.42 Å². The molecule has 22 heavy (non-hydrogen) atoms. The molecule has 1 N–H and O–H groups in total. The van der Waals surface area contributed by atoms with Crippen LogP contribution in [0.25, 0.3) is 0 Å². The predicted molar refractivity (Wildman–Crippen MR) is 84.1 cm³/mol. The van der Waals surface area contributed by atoms with Gasteiger partial charge in [-0.25, -0.2) is 4.98 Å². The summed E-state index contributed by atoms with van der Waals surface area (Å²) in [6.45, 7) is 4.89. The lowest BCUT2D eigenvalue weighted by molar-refractivity contribution is 0.489. The van der Waals surface area contributed by atoms with E-state index in [-0.39, 0.29) is 0 Å². The first-order valence-corrected chi connectivity index (χ1v) is 8.04. The molecule has 0 bridgehead atoms. The quantitative estimate of drug-likeness (QED) is 0.915. The fourth-order valence-electron chi connectivity index (χ4n) is 2.91. The van der Waals surface area contributed by atoms with Crippen molar-refractivity contribution in [3.05, 3.63) is 29.8 Å². The Labute approximate surface area is 129 Å². The highest BCUT2D eigenvalue weighted by Gasteiger charge is 2.32. The van der Waals surface area contributed by atoms with Crippen molar-refractivity contribution in [2.45, 2.75) is 32.1 Å². The Kier molecular flexibility index (Phi) is 3.44. The summed E-state index contributed by atoms with van der Waals surface area (Å²) in [7, 11) is 0. The summed E-state index contributed by atoms with van der Waals surface area (Å²) in [5.41, 5.74) is 1.04. The molecule has 2 aliphatic rings.